The molecule has 0 spiro atoms. The molecule has 3 rings (SSSR count). The Morgan fingerprint density at radius 2 is 1.92 bits per heavy atom. The number of nitrogens with zero attached hydrogens (tertiary/aromatic N) is 1. The molecule has 0 fully saturated rings. The lowest BCUT2D eigenvalue weighted by molar-refractivity contribution is -0.141. The van der Waals surface area contributed by atoms with Crippen molar-refractivity contribution >= 4 is 22.8 Å². The summed E-state index contributed by atoms with van der Waals surface area (Å²) in [4.78, 5) is 29.4. The lowest BCUT2D eigenvalue weighted by Gasteiger charge is -2.22. The highest BCUT2D eigenvalue weighted by molar-refractivity contribution is 5.99. The van der Waals surface area contributed by atoms with Crippen LogP contribution in [0.4, 0.5) is 0 Å². The molecule has 2 aromatic carbocycles. The van der Waals surface area contributed by atoms with Crippen LogP contribution in [0.15, 0.2) is 54.7 Å². The Hall–Kier alpha value is -3.08. The molecule has 1 aromatic heterocycles. The van der Waals surface area contributed by atoms with Crippen LogP contribution in [0.2, 0.25) is 0 Å². The summed E-state index contributed by atoms with van der Waals surface area (Å²) in [6.07, 6.45) is 1.83. The van der Waals surface area contributed by atoms with Crippen LogP contribution < -0.4 is 0 Å². The zero-order chi connectivity index (χ0) is 17.8. The summed E-state index contributed by atoms with van der Waals surface area (Å²) in [5.41, 5.74) is 3.50. The Balaban J connectivity index is 1.90. The van der Waals surface area contributed by atoms with Crippen molar-refractivity contribution in [1.29, 1.82) is 0 Å². The zero-order valence-electron chi connectivity index (χ0n) is 14.3. The fourth-order valence-electron chi connectivity index (χ4n) is 2.78. The molecule has 0 radical (unpaired) electrons. The van der Waals surface area contributed by atoms with Gasteiger partial charge in [-0.15, -0.1) is 0 Å². The van der Waals surface area contributed by atoms with Gasteiger partial charge in [-0.3, -0.25) is 9.59 Å². The second kappa shape index (κ2) is 7.21. The SMILES string of the molecule is COC(=O)CN(Cc1ccccc1C)C(=O)c1ccc2cc[nH]c2c1. The number of hydrogen-bond acceptors (Lipinski definition) is 3. The van der Waals surface area contributed by atoms with E-state index in [9.17, 15) is 9.59 Å². The van der Waals surface area contributed by atoms with E-state index in [-0.39, 0.29) is 12.5 Å². The minimum atomic E-state index is -0.442. The molecule has 1 N–H and O–H groups in total. The van der Waals surface area contributed by atoms with Crippen LogP contribution in [-0.4, -0.2) is 35.4 Å². The maximum absolute atomic E-state index is 13.0. The Bertz CT molecular complexity index is 914. The lowest BCUT2D eigenvalue weighted by atomic mass is 10.1. The highest BCUT2D eigenvalue weighted by Crippen LogP contribution is 2.18. The van der Waals surface area contributed by atoms with Gasteiger partial charge in [-0.2, -0.15) is 0 Å². The first-order valence-corrected chi connectivity index (χ1v) is 8.06. The number of aromatic nitrogens is 1. The van der Waals surface area contributed by atoms with Crippen molar-refractivity contribution in [1.82, 2.24) is 9.88 Å². The van der Waals surface area contributed by atoms with Gasteiger partial charge >= 0.3 is 5.97 Å². The number of amides is 1. The molecule has 0 aliphatic carbocycles. The number of esters is 1. The van der Waals surface area contributed by atoms with E-state index in [4.69, 9.17) is 4.74 Å². The predicted octanol–water partition coefficient (Wildman–Crippen LogP) is 3.29. The molecule has 0 bridgehead atoms. The molecule has 128 valence electrons. The number of rotatable bonds is 5. The van der Waals surface area contributed by atoms with Gasteiger partial charge in [-0.25, -0.2) is 0 Å². The van der Waals surface area contributed by atoms with Gasteiger partial charge in [0.1, 0.15) is 6.54 Å². The first-order valence-electron chi connectivity index (χ1n) is 8.06. The summed E-state index contributed by atoms with van der Waals surface area (Å²) < 4.78 is 4.75. The van der Waals surface area contributed by atoms with Crippen LogP contribution in [0, 0.1) is 6.92 Å². The van der Waals surface area contributed by atoms with Gasteiger partial charge in [0.2, 0.25) is 0 Å². The third kappa shape index (κ3) is 3.71. The third-order valence-corrected chi connectivity index (χ3v) is 4.26. The number of nitrogens with one attached hydrogen (secondary N) is 1. The summed E-state index contributed by atoms with van der Waals surface area (Å²) in [5, 5.41) is 1.04. The Morgan fingerprint density at radius 3 is 2.68 bits per heavy atom. The molecule has 0 saturated heterocycles. The van der Waals surface area contributed by atoms with Crippen LogP contribution in [0.3, 0.4) is 0 Å². The van der Waals surface area contributed by atoms with Crippen LogP contribution in [0.5, 0.6) is 0 Å². The number of carbonyl (C=O) groups is 2. The maximum atomic E-state index is 13.0. The Morgan fingerprint density at radius 1 is 1.12 bits per heavy atom. The number of H-pyrrole nitrogens is 1. The molecule has 0 atom stereocenters. The number of aromatic amines is 1. The first kappa shape index (κ1) is 16.8. The molecule has 5 nitrogen and oxygen atoms in total. The van der Waals surface area contributed by atoms with E-state index < -0.39 is 5.97 Å². The normalized spacial score (nSPS) is 10.6. The second-order valence-corrected chi connectivity index (χ2v) is 5.94. The molecule has 1 amide bonds. The van der Waals surface area contributed by atoms with Crippen molar-refractivity contribution in [2.24, 2.45) is 0 Å². The van der Waals surface area contributed by atoms with Crippen LogP contribution in [0.1, 0.15) is 21.5 Å². The van der Waals surface area contributed by atoms with Gasteiger partial charge < -0.3 is 14.6 Å². The number of methoxy groups -OCH3 is 1. The van der Waals surface area contributed by atoms with Gasteiger partial charge in [0.05, 0.1) is 7.11 Å². The highest BCUT2D eigenvalue weighted by Gasteiger charge is 2.20. The summed E-state index contributed by atoms with van der Waals surface area (Å²) in [6.45, 7) is 2.25. The van der Waals surface area contributed by atoms with Gasteiger partial charge in [-0.05, 0) is 41.6 Å². The van der Waals surface area contributed by atoms with Gasteiger partial charge in [0.25, 0.3) is 5.91 Å². The summed E-state index contributed by atoms with van der Waals surface area (Å²) in [5.74, 6) is -0.645. The van der Waals surface area contributed by atoms with E-state index in [1.807, 2.05) is 49.5 Å². The largest absolute Gasteiger partial charge is 0.468 e. The highest BCUT2D eigenvalue weighted by atomic mass is 16.5. The van der Waals surface area contributed by atoms with E-state index in [1.54, 1.807) is 12.1 Å². The van der Waals surface area contributed by atoms with Crippen LogP contribution in [-0.2, 0) is 16.1 Å². The first-order chi connectivity index (χ1) is 12.1. The average molecular weight is 336 g/mol. The maximum Gasteiger partial charge on any atom is 0.325 e. The molecular formula is C20H20N2O3. The molecule has 1 heterocycles. The van der Waals surface area contributed by atoms with Gasteiger partial charge in [0, 0.05) is 23.8 Å². The van der Waals surface area contributed by atoms with Crippen molar-refractivity contribution in [3.63, 3.8) is 0 Å². The van der Waals surface area contributed by atoms with E-state index in [1.165, 1.54) is 12.0 Å². The molecule has 0 aliphatic heterocycles. The molecule has 0 unspecified atom stereocenters. The Kier molecular flexibility index (Phi) is 4.84. The second-order valence-electron chi connectivity index (χ2n) is 5.94. The summed E-state index contributed by atoms with van der Waals surface area (Å²) >= 11 is 0. The third-order valence-electron chi connectivity index (χ3n) is 4.26. The number of ether oxygens (including phenoxy) is 1. The fraction of sp³-hybridized carbons (Fsp3) is 0.200. The average Bonchev–Trinajstić information content (AvgIpc) is 3.09. The summed E-state index contributed by atoms with van der Waals surface area (Å²) in [7, 11) is 1.32. The molecule has 25 heavy (non-hydrogen) atoms. The minimum Gasteiger partial charge on any atom is -0.468 e. The van der Waals surface area contributed by atoms with E-state index in [2.05, 4.69) is 4.98 Å². The standard InChI is InChI=1S/C20H20N2O3/c1-14-5-3-4-6-17(14)12-22(13-19(23)25-2)20(24)16-8-7-15-9-10-21-18(15)11-16/h3-11,21H,12-13H2,1-2H3. The monoisotopic (exact) mass is 336 g/mol. The quantitative estimate of drug-likeness (QED) is 0.727. The smallest absolute Gasteiger partial charge is 0.325 e. The number of fused-ring (bicyclic) bond motifs is 1. The number of carbonyl (C=O) groups excluding carboxylic acids is 2. The molecular weight excluding hydrogens is 316 g/mol. The van der Waals surface area contributed by atoms with E-state index in [0.29, 0.717) is 12.1 Å². The van der Waals surface area contributed by atoms with Gasteiger partial charge in [-0.1, -0.05) is 30.3 Å². The van der Waals surface area contributed by atoms with Crippen molar-refractivity contribution in [3.05, 3.63) is 71.4 Å². The lowest BCUT2D eigenvalue weighted by Crippen LogP contribution is -2.36. The molecule has 3 aromatic rings. The zero-order valence-corrected chi connectivity index (χ0v) is 14.3. The van der Waals surface area contributed by atoms with Crippen molar-refractivity contribution < 1.29 is 14.3 Å². The predicted molar refractivity (Wildman–Crippen MR) is 96.2 cm³/mol. The molecule has 0 aliphatic rings. The van der Waals surface area contributed by atoms with E-state index >= 15 is 0 Å². The minimum absolute atomic E-state index is 0.0908. The van der Waals surface area contributed by atoms with Crippen LogP contribution >= 0.6 is 0 Å². The number of hydrogen-bond donors (Lipinski definition) is 1. The Labute approximate surface area is 146 Å². The number of aryl methyl sites for hydroxylation is 1. The molecule has 0 saturated carbocycles. The molecule has 5 heteroatoms. The summed E-state index contributed by atoms with van der Waals surface area (Å²) in [6, 6.07) is 15.2. The number of benzene rings is 2. The topological polar surface area (TPSA) is 62.4 Å². The van der Waals surface area contributed by atoms with Crippen molar-refractivity contribution in [3.8, 4) is 0 Å². The van der Waals surface area contributed by atoms with Crippen molar-refractivity contribution in [2.45, 2.75) is 13.5 Å². The van der Waals surface area contributed by atoms with Gasteiger partial charge in [0.15, 0.2) is 0 Å². The fourth-order valence-corrected chi connectivity index (χ4v) is 2.78. The van der Waals surface area contributed by atoms with Crippen LogP contribution in [0.25, 0.3) is 10.9 Å². The van der Waals surface area contributed by atoms with Crippen molar-refractivity contribution in [2.75, 3.05) is 13.7 Å². The van der Waals surface area contributed by atoms with E-state index in [0.717, 1.165) is 22.0 Å².